The minimum atomic E-state index is 0.683. The van der Waals surface area contributed by atoms with Crippen LogP contribution in [0.3, 0.4) is 0 Å². The molecule has 0 aliphatic carbocycles. The fraction of sp³-hybridized carbons (Fsp3) is 0.600. The van der Waals surface area contributed by atoms with Gasteiger partial charge in [-0.2, -0.15) is 11.8 Å². The highest BCUT2D eigenvalue weighted by Crippen LogP contribution is 2.34. The number of rotatable bonds is 4. The van der Waals surface area contributed by atoms with Crippen LogP contribution in [0.15, 0.2) is 0 Å². The number of fused-ring (bicyclic) bond motifs is 1. The molecule has 1 aliphatic heterocycles. The second-order valence-corrected chi connectivity index (χ2v) is 7.82. The lowest BCUT2D eigenvalue weighted by atomic mass is 10.2. The number of hydrogen-bond acceptors (Lipinski definition) is 6. The normalized spacial score (nSPS) is 16.5. The smallest absolute Gasteiger partial charge is 0.142 e. The number of thiophene rings is 1. The van der Waals surface area contributed by atoms with Crippen molar-refractivity contribution in [3.05, 3.63) is 16.3 Å². The summed E-state index contributed by atoms with van der Waals surface area (Å²) in [6, 6.07) is 0. The Labute approximate surface area is 133 Å². The first-order chi connectivity index (χ1) is 10.2. The Morgan fingerprint density at radius 1 is 1.29 bits per heavy atom. The summed E-state index contributed by atoms with van der Waals surface area (Å²) in [5.41, 5.74) is 1.29. The Hall–Kier alpha value is -0.850. The maximum atomic E-state index is 5.41. The van der Waals surface area contributed by atoms with Crippen molar-refractivity contribution in [1.82, 2.24) is 9.97 Å². The van der Waals surface area contributed by atoms with Gasteiger partial charge in [0.15, 0.2) is 0 Å². The van der Waals surface area contributed by atoms with Gasteiger partial charge in [-0.1, -0.05) is 0 Å². The predicted molar refractivity (Wildman–Crippen MR) is 91.6 cm³/mol. The number of thioether (sulfide) groups is 1. The first kappa shape index (κ1) is 15.1. The molecular formula is C15H21N3OS2. The highest BCUT2D eigenvalue weighted by atomic mass is 32.2. The van der Waals surface area contributed by atoms with Crippen LogP contribution in [0.2, 0.25) is 0 Å². The monoisotopic (exact) mass is 323 g/mol. The van der Waals surface area contributed by atoms with E-state index in [-0.39, 0.29) is 0 Å². The number of hydrogen-bond donors (Lipinski definition) is 1. The van der Waals surface area contributed by atoms with Gasteiger partial charge in [-0.25, -0.2) is 9.97 Å². The van der Waals surface area contributed by atoms with E-state index in [9.17, 15) is 0 Å². The molecule has 3 rings (SSSR count). The Bertz CT molecular complexity index is 635. The van der Waals surface area contributed by atoms with Crippen LogP contribution in [0.25, 0.3) is 10.2 Å². The van der Waals surface area contributed by atoms with Gasteiger partial charge >= 0.3 is 0 Å². The number of nitrogens with zero attached hydrogens (tertiary/aromatic N) is 2. The lowest BCUT2D eigenvalue weighted by Gasteiger charge is -2.21. The van der Waals surface area contributed by atoms with E-state index in [1.54, 1.807) is 11.3 Å². The fourth-order valence-electron chi connectivity index (χ4n) is 2.57. The topological polar surface area (TPSA) is 47.0 Å². The van der Waals surface area contributed by atoms with E-state index in [4.69, 9.17) is 14.7 Å². The molecule has 2 aromatic heterocycles. The average Bonchev–Trinajstić information content (AvgIpc) is 2.80. The lowest BCUT2D eigenvalue weighted by molar-refractivity contribution is 0.1000. The predicted octanol–water partition coefficient (Wildman–Crippen LogP) is 3.76. The maximum absolute atomic E-state index is 5.41. The Balaban J connectivity index is 1.82. The van der Waals surface area contributed by atoms with E-state index in [0.29, 0.717) is 5.25 Å². The van der Waals surface area contributed by atoms with Crippen LogP contribution in [0.1, 0.15) is 29.1 Å². The Kier molecular flexibility index (Phi) is 4.66. The third kappa shape index (κ3) is 3.17. The number of ether oxygens (including phenoxy) is 1. The van der Waals surface area contributed by atoms with Crippen LogP contribution in [-0.4, -0.2) is 35.5 Å². The molecule has 1 fully saturated rings. The van der Waals surface area contributed by atoms with Crippen LogP contribution in [-0.2, 0) is 10.5 Å². The zero-order chi connectivity index (χ0) is 14.8. The van der Waals surface area contributed by atoms with Crippen molar-refractivity contribution >= 4 is 39.1 Å². The second kappa shape index (κ2) is 6.50. The second-order valence-electron chi connectivity index (χ2n) is 5.32. The summed E-state index contributed by atoms with van der Waals surface area (Å²) in [4.78, 5) is 11.9. The average molecular weight is 323 g/mol. The molecular weight excluding hydrogens is 302 g/mol. The summed E-state index contributed by atoms with van der Waals surface area (Å²) >= 11 is 3.72. The van der Waals surface area contributed by atoms with Gasteiger partial charge in [0.1, 0.15) is 16.5 Å². The molecule has 2 aromatic rings. The van der Waals surface area contributed by atoms with Crippen molar-refractivity contribution in [3.8, 4) is 0 Å². The van der Waals surface area contributed by atoms with Crippen molar-refractivity contribution in [2.24, 2.45) is 0 Å². The first-order valence-corrected chi connectivity index (χ1v) is 9.19. The summed E-state index contributed by atoms with van der Waals surface area (Å²) in [7, 11) is 1.93. The van der Waals surface area contributed by atoms with Gasteiger partial charge in [0.25, 0.3) is 0 Å². The molecule has 0 atom stereocenters. The summed E-state index contributed by atoms with van der Waals surface area (Å²) in [6.07, 6.45) is 2.28. The summed E-state index contributed by atoms with van der Waals surface area (Å²) in [6.45, 7) is 6.08. The number of aromatic nitrogens is 2. The van der Waals surface area contributed by atoms with Gasteiger partial charge < -0.3 is 10.1 Å². The molecule has 1 aliphatic rings. The van der Waals surface area contributed by atoms with Crippen molar-refractivity contribution in [1.29, 1.82) is 0 Å². The van der Waals surface area contributed by atoms with Gasteiger partial charge in [-0.05, 0) is 32.3 Å². The third-order valence-corrected chi connectivity index (χ3v) is 6.40. The van der Waals surface area contributed by atoms with Crippen molar-refractivity contribution in [2.45, 2.75) is 37.7 Å². The van der Waals surface area contributed by atoms with Crippen molar-refractivity contribution in [3.63, 3.8) is 0 Å². The summed E-state index contributed by atoms with van der Waals surface area (Å²) < 4.78 is 5.41. The largest absolute Gasteiger partial charge is 0.381 e. The maximum Gasteiger partial charge on any atom is 0.142 e. The summed E-state index contributed by atoms with van der Waals surface area (Å²) in [5, 5.41) is 5.09. The van der Waals surface area contributed by atoms with E-state index >= 15 is 0 Å². The highest BCUT2D eigenvalue weighted by Gasteiger charge is 2.17. The quantitative estimate of drug-likeness (QED) is 0.928. The molecule has 0 spiro atoms. The molecule has 0 bridgehead atoms. The molecule has 0 unspecified atom stereocenters. The molecule has 1 N–H and O–H groups in total. The van der Waals surface area contributed by atoms with Gasteiger partial charge in [0.2, 0.25) is 0 Å². The Morgan fingerprint density at radius 3 is 2.76 bits per heavy atom. The molecule has 0 aromatic carbocycles. The van der Waals surface area contributed by atoms with Gasteiger partial charge in [-0.15, -0.1) is 11.3 Å². The fourth-order valence-corrected chi connectivity index (χ4v) is 4.66. The van der Waals surface area contributed by atoms with Crippen LogP contribution < -0.4 is 5.32 Å². The molecule has 0 saturated carbocycles. The minimum Gasteiger partial charge on any atom is -0.381 e. The van der Waals surface area contributed by atoms with E-state index in [0.717, 1.165) is 48.3 Å². The third-order valence-electron chi connectivity index (χ3n) is 3.93. The van der Waals surface area contributed by atoms with Crippen LogP contribution in [0, 0.1) is 13.8 Å². The molecule has 4 nitrogen and oxygen atoms in total. The van der Waals surface area contributed by atoms with E-state index in [2.05, 4.69) is 19.2 Å². The summed E-state index contributed by atoms with van der Waals surface area (Å²) in [5.74, 6) is 2.78. The lowest BCUT2D eigenvalue weighted by Crippen LogP contribution is -2.17. The number of aryl methyl sites for hydroxylation is 2. The van der Waals surface area contributed by atoms with Gasteiger partial charge in [-0.3, -0.25) is 0 Å². The van der Waals surface area contributed by atoms with E-state index < -0.39 is 0 Å². The SMILES string of the molecule is CNc1nc(CSC2CCOCC2)nc2sc(C)c(C)c12. The van der Waals surface area contributed by atoms with Gasteiger partial charge in [0.05, 0.1) is 11.1 Å². The molecule has 1 saturated heterocycles. The minimum absolute atomic E-state index is 0.683. The molecule has 6 heteroatoms. The molecule has 0 radical (unpaired) electrons. The zero-order valence-electron chi connectivity index (χ0n) is 12.7. The van der Waals surface area contributed by atoms with Crippen molar-refractivity contribution in [2.75, 3.05) is 25.6 Å². The molecule has 3 heterocycles. The van der Waals surface area contributed by atoms with E-state index in [1.165, 1.54) is 15.8 Å². The van der Waals surface area contributed by atoms with Crippen LogP contribution in [0.5, 0.6) is 0 Å². The van der Waals surface area contributed by atoms with Crippen molar-refractivity contribution < 1.29 is 4.74 Å². The number of anilines is 1. The van der Waals surface area contributed by atoms with Gasteiger partial charge in [0, 0.05) is 30.4 Å². The van der Waals surface area contributed by atoms with Crippen LogP contribution in [0.4, 0.5) is 5.82 Å². The molecule has 114 valence electrons. The standard InChI is InChI=1S/C15H21N3OS2/c1-9-10(2)21-15-13(9)14(16-3)17-12(18-15)8-20-11-4-6-19-7-5-11/h11H,4-8H2,1-3H3,(H,16,17,18). The Morgan fingerprint density at radius 2 is 2.05 bits per heavy atom. The van der Waals surface area contributed by atoms with E-state index in [1.807, 2.05) is 18.8 Å². The zero-order valence-corrected chi connectivity index (χ0v) is 14.4. The number of nitrogens with one attached hydrogen (secondary N) is 1. The first-order valence-electron chi connectivity index (χ1n) is 7.32. The molecule has 21 heavy (non-hydrogen) atoms. The molecule has 0 amide bonds. The van der Waals surface area contributed by atoms with Crippen LogP contribution >= 0.6 is 23.1 Å². The highest BCUT2D eigenvalue weighted by molar-refractivity contribution is 7.99.